The number of hydrogen-bond donors (Lipinski definition) is 2. The first-order chi connectivity index (χ1) is 10.4. The van der Waals surface area contributed by atoms with Crippen LogP contribution in [0.1, 0.15) is 53.2 Å². The van der Waals surface area contributed by atoms with Crippen molar-refractivity contribution >= 4 is 5.91 Å². The fourth-order valence-corrected chi connectivity index (χ4v) is 2.32. The summed E-state index contributed by atoms with van der Waals surface area (Å²) < 4.78 is 1.54. The molecule has 1 aromatic heterocycles. The van der Waals surface area contributed by atoms with E-state index in [1.54, 1.807) is 13.1 Å². The van der Waals surface area contributed by atoms with Crippen LogP contribution in [-0.4, -0.2) is 27.3 Å². The molecule has 118 valence electrons. The van der Waals surface area contributed by atoms with E-state index in [0.29, 0.717) is 11.6 Å². The molecule has 1 unspecified atom stereocenters. The molecule has 1 amide bonds. The Morgan fingerprint density at radius 2 is 1.86 bits per heavy atom. The molecule has 2 aromatic rings. The molecule has 0 aliphatic rings. The van der Waals surface area contributed by atoms with Crippen LogP contribution in [0.5, 0.6) is 0 Å². The van der Waals surface area contributed by atoms with Gasteiger partial charge in [0.25, 0.3) is 5.91 Å². The summed E-state index contributed by atoms with van der Waals surface area (Å²) in [5.41, 5.74) is 3.30. The van der Waals surface area contributed by atoms with Crippen LogP contribution in [0.15, 0.2) is 30.3 Å². The van der Waals surface area contributed by atoms with Crippen LogP contribution in [0, 0.1) is 6.92 Å². The zero-order valence-corrected chi connectivity index (χ0v) is 13.5. The predicted octanol–water partition coefficient (Wildman–Crippen LogP) is 2.32. The van der Waals surface area contributed by atoms with E-state index in [1.165, 1.54) is 10.2 Å². The molecule has 5 heteroatoms. The number of aromatic nitrogens is 2. The molecule has 2 N–H and O–H groups in total. The highest BCUT2D eigenvalue weighted by atomic mass is 16.3. The molecule has 0 saturated carbocycles. The number of carbonyl (C=O) groups is 1. The lowest BCUT2D eigenvalue weighted by molar-refractivity contribution is 0.0907. The normalized spacial score (nSPS) is 12.5. The van der Waals surface area contributed by atoms with Crippen LogP contribution >= 0.6 is 0 Å². The van der Waals surface area contributed by atoms with Crippen molar-refractivity contribution in [2.24, 2.45) is 7.05 Å². The molecule has 22 heavy (non-hydrogen) atoms. The molecule has 2 rings (SSSR count). The van der Waals surface area contributed by atoms with Crippen LogP contribution in [0.4, 0.5) is 0 Å². The Bertz CT molecular complexity index is 644. The van der Waals surface area contributed by atoms with E-state index >= 15 is 0 Å². The van der Waals surface area contributed by atoms with Crippen molar-refractivity contribution in [3.05, 3.63) is 52.8 Å². The second kappa shape index (κ2) is 6.75. The summed E-state index contributed by atoms with van der Waals surface area (Å²) in [4.78, 5) is 12.1. The van der Waals surface area contributed by atoms with Crippen molar-refractivity contribution < 1.29 is 9.90 Å². The number of aliphatic hydroxyl groups is 1. The van der Waals surface area contributed by atoms with E-state index < -0.39 is 6.10 Å². The van der Waals surface area contributed by atoms with E-state index in [2.05, 4.69) is 24.3 Å². The third-order valence-electron chi connectivity index (χ3n) is 3.68. The molecule has 1 aromatic carbocycles. The summed E-state index contributed by atoms with van der Waals surface area (Å²) in [6.45, 7) is 6.26. The summed E-state index contributed by atoms with van der Waals surface area (Å²) in [7, 11) is 1.73. The summed E-state index contributed by atoms with van der Waals surface area (Å²) >= 11 is 0. The largest absolute Gasteiger partial charge is 0.387 e. The lowest BCUT2D eigenvalue weighted by Crippen LogP contribution is -2.29. The molecule has 0 aliphatic heterocycles. The minimum atomic E-state index is -0.723. The first kappa shape index (κ1) is 16.2. The van der Waals surface area contributed by atoms with Crippen molar-refractivity contribution in [2.45, 2.75) is 32.8 Å². The van der Waals surface area contributed by atoms with Crippen molar-refractivity contribution in [1.82, 2.24) is 15.1 Å². The fraction of sp³-hybridized carbons (Fsp3) is 0.412. The predicted molar refractivity (Wildman–Crippen MR) is 85.8 cm³/mol. The lowest BCUT2D eigenvalue weighted by Gasteiger charge is -2.13. The van der Waals surface area contributed by atoms with Gasteiger partial charge in [-0.05, 0) is 30.0 Å². The second-order valence-electron chi connectivity index (χ2n) is 5.84. The Morgan fingerprint density at radius 1 is 1.27 bits per heavy atom. The van der Waals surface area contributed by atoms with E-state index in [4.69, 9.17) is 0 Å². The summed E-state index contributed by atoms with van der Waals surface area (Å²) in [6, 6.07) is 9.55. The van der Waals surface area contributed by atoms with Gasteiger partial charge in [-0.2, -0.15) is 5.10 Å². The van der Waals surface area contributed by atoms with Crippen molar-refractivity contribution in [2.75, 3.05) is 6.54 Å². The maximum Gasteiger partial charge on any atom is 0.269 e. The minimum absolute atomic E-state index is 0.171. The van der Waals surface area contributed by atoms with Crippen molar-refractivity contribution in [3.63, 3.8) is 0 Å². The van der Waals surface area contributed by atoms with E-state index in [1.807, 2.05) is 31.2 Å². The number of rotatable bonds is 5. The second-order valence-corrected chi connectivity index (χ2v) is 5.84. The Kier molecular flexibility index (Phi) is 4.98. The zero-order valence-electron chi connectivity index (χ0n) is 13.5. The Hall–Kier alpha value is -2.14. The van der Waals surface area contributed by atoms with E-state index in [-0.39, 0.29) is 12.5 Å². The number of aliphatic hydroxyl groups excluding tert-OH is 1. The molecule has 1 heterocycles. The maximum absolute atomic E-state index is 12.1. The van der Waals surface area contributed by atoms with Crippen LogP contribution in [0.3, 0.4) is 0 Å². The van der Waals surface area contributed by atoms with Gasteiger partial charge in [-0.25, -0.2) is 0 Å². The van der Waals surface area contributed by atoms with Gasteiger partial charge >= 0.3 is 0 Å². The molecule has 5 nitrogen and oxygen atoms in total. The highest BCUT2D eigenvalue weighted by molar-refractivity contribution is 5.92. The van der Waals surface area contributed by atoms with Gasteiger partial charge in [0.15, 0.2) is 0 Å². The van der Waals surface area contributed by atoms with Gasteiger partial charge < -0.3 is 10.4 Å². The lowest BCUT2D eigenvalue weighted by atomic mass is 10.00. The van der Waals surface area contributed by atoms with Crippen LogP contribution in [0.25, 0.3) is 0 Å². The number of hydrogen-bond acceptors (Lipinski definition) is 3. The fourth-order valence-electron chi connectivity index (χ4n) is 2.32. The Labute approximate surface area is 131 Å². The number of amides is 1. The number of benzene rings is 1. The number of carbonyl (C=O) groups excluding carboxylic acids is 1. The first-order valence-electron chi connectivity index (χ1n) is 7.45. The highest BCUT2D eigenvalue weighted by Crippen LogP contribution is 2.18. The SMILES string of the molecule is Cc1cc(C(=O)NCC(O)c2ccc(C(C)C)cc2)n(C)n1. The third kappa shape index (κ3) is 3.74. The van der Waals surface area contributed by atoms with Gasteiger partial charge in [-0.1, -0.05) is 38.1 Å². The van der Waals surface area contributed by atoms with Crippen LogP contribution in [-0.2, 0) is 7.05 Å². The minimum Gasteiger partial charge on any atom is -0.387 e. The number of nitrogens with zero attached hydrogens (tertiary/aromatic N) is 2. The summed E-state index contributed by atoms with van der Waals surface area (Å²) in [6.07, 6.45) is -0.723. The van der Waals surface area contributed by atoms with Gasteiger partial charge in [-0.3, -0.25) is 9.48 Å². The molecular weight excluding hydrogens is 278 g/mol. The smallest absolute Gasteiger partial charge is 0.269 e. The van der Waals surface area contributed by atoms with E-state index in [0.717, 1.165) is 11.3 Å². The third-order valence-corrected chi connectivity index (χ3v) is 3.68. The summed E-state index contributed by atoms with van der Waals surface area (Å²) in [5.74, 6) is 0.222. The number of nitrogens with one attached hydrogen (secondary N) is 1. The Morgan fingerprint density at radius 3 is 2.36 bits per heavy atom. The van der Waals surface area contributed by atoms with Crippen LogP contribution in [0.2, 0.25) is 0 Å². The Balaban J connectivity index is 1.96. The molecule has 0 saturated heterocycles. The standard InChI is InChI=1S/C17H23N3O2/c1-11(2)13-5-7-14(8-6-13)16(21)10-18-17(22)15-9-12(3)19-20(15)4/h5-9,11,16,21H,10H2,1-4H3,(H,18,22). The van der Waals surface area contributed by atoms with Gasteiger partial charge in [0.05, 0.1) is 11.8 Å². The highest BCUT2D eigenvalue weighted by Gasteiger charge is 2.14. The molecule has 1 atom stereocenters. The maximum atomic E-state index is 12.1. The number of aryl methyl sites for hydroxylation is 2. The van der Waals surface area contributed by atoms with Gasteiger partial charge in [0.1, 0.15) is 5.69 Å². The van der Waals surface area contributed by atoms with Crippen molar-refractivity contribution in [1.29, 1.82) is 0 Å². The monoisotopic (exact) mass is 301 g/mol. The van der Waals surface area contributed by atoms with Crippen molar-refractivity contribution in [3.8, 4) is 0 Å². The van der Waals surface area contributed by atoms with Crippen LogP contribution < -0.4 is 5.32 Å². The molecule has 0 radical (unpaired) electrons. The van der Waals surface area contributed by atoms with Gasteiger partial charge in [0.2, 0.25) is 0 Å². The van der Waals surface area contributed by atoms with Gasteiger partial charge in [0, 0.05) is 13.6 Å². The molecule has 0 aliphatic carbocycles. The van der Waals surface area contributed by atoms with E-state index in [9.17, 15) is 9.90 Å². The van der Waals surface area contributed by atoms with Gasteiger partial charge in [-0.15, -0.1) is 0 Å². The topological polar surface area (TPSA) is 67.2 Å². The average molecular weight is 301 g/mol. The zero-order chi connectivity index (χ0) is 16.3. The quantitative estimate of drug-likeness (QED) is 0.890. The molecular formula is C17H23N3O2. The molecule has 0 bridgehead atoms. The average Bonchev–Trinajstić information content (AvgIpc) is 2.83. The molecule has 0 fully saturated rings. The molecule has 0 spiro atoms. The summed E-state index contributed by atoms with van der Waals surface area (Å²) in [5, 5.41) is 17.1. The first-order valence-corrected chi connectivity index (χ1v) is 7.45.